The van der Waals surface area contributed by atoms with Crippen LogP contribution < -0.4 is 24.4 Å². The number of fused-ring (bicyclic) bond motifs is 1. The molecule has 3 fully saturated rings. The molecule has 3 aliphatic heterocycles. The molecule has 0 spiro atoms. The fraction of sp³-hybridized carbons (Fsp3) is 0.455. The number of carbonyl (C=O) groups excluding carboxylic acids is 1. The minimum absolute atomic E-state index is 0.0437. The summed E-state index contributed by atoms with van der Waals surface area (Å²) in [6.07, 6.45) is -24.5. The first-order chi connectivity index (χ1) is 32.4. The van der Waals surface area contributed by atoms with Crippen LogP contribution in [-0.4, -0.2) is 192 Å². The normalized spacial score (nSPS) is 31.9. The highest BCUT2D eigenvalue weighted by Gasteiger charge is 2.49. The Morgan fingerprint density at radius 1 is 0.632 bits per heavy atom. The van der Waals surface area contributed by atoms with Gasteiger partial charge in [-0.25, -0.2) is 4.79 Å². The lowest BCUT2D eigenvalue weighted by Crippen LogP contribution is -2.60. The Hall–Kier alpha value is -5.68. The predicted octanol–water partition coefficient (Wildman–Crippen LogP) is -2.97. The maximum Gasteiger partial charge on any atom is 0.330 e. The van der Waals surface area contributed by atoms with Crippen molar-refractivity contribution < 1.29 is 113 Å². The largest absolute Gasteiger partial charge is 0.506 e. The highest BCUT2D eigenvalue weighted by molar-refractivity contribution is 5.89. The van der Waals surface area contributed by atoms with Crippen molar-refractivity contribution in [3.05, 3.63) is 76.0 Å². The van der Waals surface area contributed by atoms with Gasteiger partial charge in [0.05, 0.1) is 33.0 Å². The first-order valence-electron chi connectivity index (χ1n) is 20.8. The molecule has 3 aromatic carbocycles. The summed E-state index contributed by atoms with van der Waals surface area (Å²) in [5.74, 6) is -2.78. The number of methoxy groups -OCH3 is 2. The SMILES string of the molecule is COc1cc(C=CC(=O)OC[C@H]2O[C@@H](Oc3cc4oc(-c5ccc(O[C@@H]6O[C@H](CO)[C@@H](O)[C@H](O)[C@H]6O)cc5)cc(=O)c4c(O)c3[C@@H]3O[C@H](CO)[C@@H](O)[C@H](O)[C@H]3O)[C@H](O)[C@@H](O)[C@@H]2O)cc(OC)c1O. The van der Waals surface area contributed by atoms with E-state index in [1.807, 2.05) is 0 Å². The number of esters is 1. The van der Waals surface area contributed by atoms with Crippen LogP contribution >= 0.6 is 0 Å². The van der Waals surface area contributed by atoms with Crippen molar-refractivity contribution in [1.29, 1.82) is 0 Å². The van der Waals surface area contributed by atoms with E-state index in [9.17, 15) is 76.0 Å². The third kappa shape index (κ3) is 9.91. The summed E-state index contributed by atoms with van der Waals surface area (Å²) in [6.45, 7) is -2.33. The summed E-state index contributed by atoms with van der Waals surface area (Å²) in [7, 11) is 2.61. The van der Waals surface area contributed by atoms with Crippen molar-refractivity contribution in [3.8, 4) is 45.8 Å². The Kier molecular flexibility index (Phi) is 15.4. The van der Waals surface area contributed by atoms with Gasteiger partial charge in [0, 0.05) is 23.8 Å². The molecule has 24 heteroatoms. The number of aromatic hydroxyl groups is 2. The smallest absolute Gasteiger partial charge is 0.330 e. The molecule has 4 heterocycles. The second kappa shape index (κ2) is 20.9. The molecule has 68 heavy (non-hydrogen) atoms. The topological polar surface area (TPSA) is 384 Å². The number of hydrogen-bond acceptors (Lipinski definition) is 24. The van der Waals surface area contributed by atoms with E-state index in [2.05, 4.69) is 0 Å². The predicted molar refractivity (Wildman–Crippen MR) is 225 cm³/mol. The molecular weight excluding hydrogens is 912 g/mol. The van der Waals surface area contributed by atoms with Crippen LogP contribution in [0.5, 0.6) is 34.5 Å². The van der Waals surface area contributed by atoms with Crippen molar-refractivity contribution in [2.45, 2.75) is 91.9 Å². The average Bonchev–Trinajstić information content (AvgIpc) is 3.33. The van der Waals surface area contributed by atoms with E-state index in [4.69, 9.17) is 42.3 Å². The maximum absolute atomic E-state index is 13.8. The average molecular weight is 963 g/mol. The van der Waals surface area contributed by atoms with Gasteiger partial charge in [-0.3, -0.25) is 4.79 Å². The van der Waals surface area contributed by atoms with Gasteiger partial charge >= 0.3 is 5.97 Å². The highest BCUT2D eigenvalue weighted by Crippen LogP contribution is 2.46. The lowest BCUT2D eigenvalue weighted by molar-refractivity contribution is -0.279. The highest BCUT2D eigenvalue weighted by atomic mass is 16.7. The van der Waals surface area contributed by atoms with Crippen LogP contribution in [0.4, 0.5) is 0 Å². The van der Waals surface area contributed by atoms with Gasteiger partial charge in [-0.15, -0.1) is 0 Å². The van der Waals surface area contributed by atoms with Crippen LogP contribution in [0.3, 0.4) is 0 Å². The zero-order chi connectivity index (χ0) is 49.3. The summed E-state index contributed by atoms with van der Waals surface area (Å²) >= 11 is 0. The van der Waals surface area contributed by atoms with Gasteiger partial charge in [0.2, 0.25) is 18.3 Å². The molecule has 15 atom stereocenters. The fourth-order valence-corrected chi connectivity index (χ4v) is 7.81. The molecule has 13 N–H and O–H groups in total. The number of aliphatic hydroxyl groups excluding tert-OH is 11. The third-order valence-electron chi connectivity index (χ3n) is 11.6. The van der Waals surface area contributed by atoms with Gasteiger partial charge in [0.1, 0.15) is 120 Å². The third-order valence-corrected chi connectivity index (χ3v) is 11.6. The van der Waals surface area contributed by atoms with Gasteiger partial charge in [0.25, 0.3) is 0 Å². The van der Waals surface area contributed by atoms with Crippen molar-refractivity contribution in [2.24, 2.45) is 0 Å². The second-order valence-electron chi connectivity index (χ2n) is 15.9. The van der Waals surface area contributed by atoms with E-state index in [-0.39, 0.29) is 34.3 Å². The Labute approximate surface area is 383 Å². The van der Waals surface area contributed by atoms with Crippen LogP contribution in [0.1, 0.15) is 17.2 Å². The van der Waals surface area contributed by atoms with Crippen molar-refractivity contribution in [2.75, 3.05) is 34.0 Å². The first kappa shape index (κ1) is 50.2. The molecule has 7 rings (SSSR count). The molecule has 3 aliphatic rings. The van der Waals surface area contributed by atoms with Crippen LogP contribution in [0.15, 0.2) is 63.8 Å². The maximum atomic E-state index is 13.8. The quantitative estimate of drug-likeness (QED) is 0.0443. The van der Waals surface area contributed by atoms with Gasteiger partial charge in [-0.05, 0) is 48.0 Å². The number of hydrogen-bond donors (Lipinski definition) is 13. The number of carbonyl (C=O) groups is 1. The summed E-state index contributed by atoms with van der Waals surface area (Å²) in [6, 6.07) is 10.3. The van der Waals surface area contributed by atoms with Crippen LogP contribution in [0.25, 0.3) is 28.4 Å². The monoisotopic (exact) mass is 962 g/mol. The molecule has 0 amide bonds. The van der Waals surface area contributed by atoms with Crippen molar-refractivity contribution in [3.63, 3.8) is 0 Å². The minimum Gasteiger partial charge on any atom is -0.506 e. The van der Waals surface area contributed by atoms with Crippen molar-refractivity contribution in [1.82, 2.24) is 0 Å². The summed E-state index contributed by atoms with van der Waals surface area (Å²) in [4.78, 5) is 26.6. The van der Waals surface area contributed by atoms with E-state index in [0.717, 1.165) is 18.2 Å². The number of aliphatic hydroxyl groups is 11. The van der Waals surface area contributed by atoms with Gasteiger partial charge in [-0.2, -0.15) is 0 Å². The zero-order valence-electron chi connectivity index (χ0n) is 35.9. The first-order valence-corrected chi connectivity index (χ1v) is 20.8. The fourth-order valence-electron chi connectivity index (χ4n) is 7.81. The number of rotatable bonds is 14. The molecule has 4 aromatic rings. The Morgan fingerprint density at radius 3 is 1.76 bits per heavy atom. The van der Waals surface area contributed by atoms with Gasteiger partial charge in [0.15, 0.2) is 16.9 Å². The van der Waals surface area contributed by atoms with Crippen LogP contribution in [0, 0.1) is 0 Å². The van der Waals surface area contributed by atoms with E-state index in [1.165, 1.54) is 56.7 Å². The van der Waals surface area contributed by atoms with Gasteiger partial charge in [-0.1, -0.05) is 0 Å². The zero-order valence-corrected chi connectivity index (χ0v) is 35.9. The van der Waals surface area contributed by atoms with E-state index < -0.39 is 151 Å². The molecule has 1 aromatic heterocycles. The van der Waals surface area contributed by atoms with Crippen molar-refractivity contribution >= 4 is 23.0 Å². The standard InChI is InChI=1S/C44H50O24/c1-60-23-9-16(10-24(61-2)31(23)49)3-8-28(48)62-15-27-34(52)38(56)41(59)44(68-27)66-22-12-21-29(35(53)30(22)42-39(57)36(54)32(50)25(13-45)65-42)19(47)11-20(64-21)17-4-6-18(7-5-17)63-43-40(58)37(55)33(51)26(14-46)67-43/h3-12,25-27,32-34,36-46,49-59H,13-15H2,1-2H3/t25-,26-,27-,32-,33-,34-,36+,37+,38+,39-,40-,41-,42+,43-,44-/m1/s1. The minimum atomic E-state index is -2.08. The number of benzene rings is 3. The molecule has 370 valence electrons. The van der Waals surface area contributed by atoms with E-state index >= 15 is 0 Å². The Balaban J connectivity index is 1.18. The summed E-state index contributed by atoms with van der Waals surface area (Å²) in [5, 5.41) is 137. The number of ether oxygens (including phenoxy) is 8. The molecule has 0 aliphatic carbocycles. The Bertz CT molecular complexity index is 2470. The summed E-state index contributed by atoms with van der Waals surface area (Å²) in [5.41, 5.74) is -1.30. The number of phenols is 2. The molecule has 0 saturated carbocycles. The molecule has 3 saturated heterocycles. The number of phenolic OH excluding ortho intramolecular Hbond substituents is 2. The summed E-state index contributed by atoms with van der Waals surface area (Å²) < 4.78 is 50.0. The molecule has 0 unspecified atom stereocenters. The van der Waals surface area contributed by atoms with E-state index in [1.54, 1.807) is 0 Å². The van der Waals surface area contributed by atoms with Crippen LogP contribution in [0.2, 0.25) is 0 Å². The molecular formula is C44H50O24. The molecule has 24 nitrogen and oxygen atoms in total. The van der Waals surface area contributed by atoms with Crippen LogP contribution in [-0.2, 0) is 23.7 Å². The van der Waals surface area contributed by atoms with E-state index in [0.29, 0.717) is 5.56 Å². The lowest BCUT2D eigenvalue weighted by atomic mass is 9.89. The Morgan fingerprint density at radius 2 is 1.18 bits per heavy atom. The lowest BCUT2D eigenvalue weighted by Gasteiger charge is -2.42. The molecule has 0 radical (unpaired) electrons. The second-order valence-corrected chi connectivity index (χ2v) is 15.9. The molecule has 0 bridgehead atoms. The van der Waals surface area contributed by atoms with Gasteiger partial charge < -0.3 is 109 Å².